The number of unbranched alkanes of at least 4 members (excludes halogenated alkanes) is 1. The van der Waals surface area contributed by atoms with Crippen molar-refractivity contribution in [1.29, 1.82) is 0 Å². The summed E-state index contributed by atoms with van der Waals surface area (Å²) in [5, 5.41) is 0. The van der Waals surface area contributed by atoms with Crippen LogP contribution in [0.25, 0.3) is 0 Å². The van der Waals surface area contributed by atoms with Crippen LogP contribution < -0.4 is 4.74 Å². The molecule has 340 valence electrons. The lowest BCUT2D eigenvalue weighted by Gasteiger charge is -2.17. The highest BCUT2D eigenvalue weighted by atomic mass is 16.5. The first-order valence-electron chi connectivity index (χ1n) is 23.2. The van der Waals surface area contributed by atoms with E-state index in [9.17, 15) is 0 Å². The van der Waals surface area contributed by atoms with Crippen molar-refractivity contribution in [2.24, 2.45) is 17.3 Å². The van der Waals surface area contributed by atoms with Crippen LogP contribution in [0.15, 0.2) is 140 Å². The molecule has 0 saturated heterocycles. The third-order valence-corrected chi connectivity index (χ3v) is 9.85. The van der Waals surface area contributed by atoms with Gasteiger partial charge in [0, 0.05) is 0 Å². The van der Waals surface area contributed by atoms with E-state index in [1.54, 1.807) is 7.11 Å². The number of rotatable bonds is 12. The average Bonchev–Trinajstić information content (AvgIpc) is 3.22. The van der Waals surface area contributed by atoms with Gasteiger partial charge in [0.15, 0.2) is 0 Å². The molecule has 0 unspecified atom stereocenters. The fraction of sp³-hybridized carbons (Fsp3) is 0.500. The summed E-state index contributed by atoms with van der Waals surface area (Å²) in [6.07, 6.45) is 9.17. The first kappa shape index (κ1) is 59.0. The molecule has 1 nitrogen and oxygen atoms in total. The Morgan fingerprint density at radius 1 is 0.475 bits per heavy atom. The molecule has 0 amide bonds. The summed E-state index contributed by atoms with van der Waals surface area (Å²) in [7, 11) is 1.68. The molecule has 0 N–H and O–H groups in total. The minimum Gasteiger partial charge on any atom is -0.497 e. The number of methoxy groups -OCH3 is 1. The number of aryl methyl sites for hydroxylation is 2. The molecule has 0 atom stereocenters. The summed E-state index contributed by atoms with van der Waals surface area (Å²) in [6, 6.07) is 48.8. The van der Waals surface area contributed by atoms with Crippen LogP contribution in [0.2, 0.25) is 0 Å². The van der Waals surface area contributed by atoms with Gasteiger partial charge in [0.05, 0.1) is 7.11 Å². The predicted molar refractivity (Wildman–Crippen MR) is 278 cm³/mol. The van der Waals surface area contributed by atoms with Crippen molar-refractivity contribution in [2.75, 3.05) is 7.11 Å². The third-order valence-electron chi connectivity index (χ3n) is 9.85. The molecule has 0 fully saturated rings. The minimum absolute atomic E-state index is 0. The van der Waals surface area contributed by atoms with Gasteiger partial charge < -0.3 is 4.74 Å². The monoisotopic (exact) mass is 831 g/mol. The average molecular weight is 831 g/mol. The molecule has 0 saturated carbocycles. The van der Waals surface area contributed by atoms with Crippen LogP contribution in [-0.4, -0.2) is 7.11 Å². The molecule has 0 aliphatic heterocycles. The molecule has 0 aromatic heterocycles. The molecule has 1 heteroatoms. The van der Waals surface area contributed by atoms with Crippen molar-refractivity contribution in [3.8, 4) is 5.75 Å². The highest BCUT2D eigenvalue weighted by molar-refractivity contribution is 5.28. The highest BCUT2D eigenvalue weighted by Gasteiger charge is 2.09. The number of hydrogen-bond donors (Lipinski definition) is 0. The van der Waals surface area contributed by atoms with Gasteiger partial charge in [-0.05, 0) is 108 Å². The topological polar surface area (TPSA) is 9.23 Å². The van der Waals surface area contributed by atoms with E-state index in [4.69, 9.17) is 4.74 Å². The van der Waals surface area contributed by atoms with Crippen LogP contribution in [0.1, 0.15) is 188 Å². The van der Waals surface area contributed by atoms with Crippen LogP contribution >= 0.6 is 0 Å². The van der Waals surface area contributed by atoms with Crippen molar-refractivity contribution in [2.45, 2.75) is 174 Å². The number of ether oxygens (including phenoxy) is 1. The highest BCUT2D eigenvalue weighted by Crippen LogP contribution is 2.22. The van der Waals surface area contributed by atoms with Crippen LogP contribution in [0.4, 0.5) is 0 Å². The Bertz CT molecular complexity index is 1640. The predicted octanol–water partition coefficient (Wildman–Crippen LogP) is 19.2. The Hall–Kier alpha value is -4.10. The lowest BCUT2D eigenvalue weighted by molar-refractivity contribution is 0.365. The van der Waals surface area contributed by atoms with E-state index < -0.39 is 0 Å². The Morgan fingerprint density at radius 2 is 0.869 bits per heavy atom. The first-order valence-corrected chi connectivity index (χ1v) is 23.2. The van der Waals surface area contributed by atoms with Gasteiger partial charge in [-0.3, -0.25) is 0 Å². The van der Waals surface area contributed by atoms with Crippen LogP contribution in [-0.2, 0) is 12.8 Å². The van der Waals surface area contributed by atoms with Crippen molar-refractivity contribution < 1.29 is 4.74 Å². The van der Waals surface area contributed by atoms with Crippen LogP contribution in [0.5, 0.6) is 5.75 Å². The standard InChI is InChI=1S/C13H20.C10H14O.2C10H14.C9H12.C7H16.CH4/c1-13(2,3)11-7-10-12-8-5-4-6-9-12;1-8(2)9-4-6-10(11-3)7-5-9;1-8(2)10-6-4-9(3)5-7-10;1-9(2)8-10-6-4-3-5-7-10;1-8(2)9-6-4-3-5-7-9;1-4-5-6-7(2)3;/h4-6,8-9H,7,10-11H2,1-3H3;4-8H,1-3H3;4-8H,1-3H3;3-7,9H,8H2,1-2H3;3-8H,1-2H3;7H,4-6H2,1-3H3;1H4. The van der Waals surface area contributed by atoms with Crippen molar-refractivity contribution >= 4 is 0 Å². The Balaban J connectivity index is 0. The molecule has 0 bridgehead atoms. The van der Waals surface area contributed by atoms with Crippen molar-refractivity contribution in [3.05, 3.63) is 173 Å². The summed E-state index contributed by atoms with van der Waals surface area (Å²) in [5.41, 5.74) is 8.91. The minimum atomic E-state index is 0. The van der Waals surface area contributed by atoms with Gasteiger partial charge in [-0.25, -0.2) is 0 Å². The van der Waals surface area contributed by atoms with Crippen molar-refractivity contribution in [1.82, 2.24) is 0 Å². The number of benzene rings is 5. The van der Waals surface area contributed by atoms with Crippen molar-refractivity contribution in [3.63, 3.8) is 0 Å². The smallest absolute Gasteiger partial charge is 0.118 e. The lowest BCUT2D eigenvalue weighted by Crippen LogP contribution is -2.04. The molecule has 0 radical (unpaired) electrons. The van der Waals surface area contributed by atoms with Gasteiger partial charge in [-0.1, -0.05) is 257 Å². The summed E-state index contributed by atoms with van der Waals surface area (Å²) < 4.78 is 5.05. The zero-order valence-corrected chi connectivity index (χ0v) is 41.5. The zero-order chi connectivity index (χ0) is 45.3. The molecule has 61 heavy (non-hydrogen) atoms. The van der Waals surface area contributed by atoms with Gasteiger partial charge in [0.1, 0.15) is 5.75 Å². The van der Waals surface area contributed by atoms with E-state index >= 15 is 0 Å². The van der Waals surface area contributed by atoms with E-state index in [1.807, 2.05) is 18.2 Å². The Labute approximate surface area is 380 Å². The zero-order valence-electron chi connectivity index (χ0n) is 41.5. The summed E-state index contributed by atoms with van der Waals surface area (Å²) in [4.78, 5) is 0. The lowest BCUT2D eigenvalue weighted by atomic mass is 9.89. The van der Waals surface area contributed by atoms with E-state index in [0.717, 1.165) is 17.6 Å². The fourth-order valence-corrected chi connectivity index (χ4v) is 5.94. The van der Waals surface area contributed by atoms with Gasteiger partial charge in [-0.15, -0.1) is 0 Å². The second kappa shape index (κ2) is 35.5. The van der Waals surface area contributed by atoms with Gasteiger partial charge in [-0.2, -0.15) is 0 Å². The second-order valence-electron chi connectivity index (χ2n) is 19.1. The van der Waals surface area contributed by atoms with Crippen LogP contribution in [0.3, 0.4) is 0 Å². The molecule has 0 aliphatic rings. The maximum Gasteiger partial charge on any atom is 0.118 e. The summed E-state index contributed by atoms with van der Waals surface area (Å²) in [5.74, 6) is 4.50. The SMILES string of the molecule is C.CC(C)(C)CCCc1ccccc1.CC(C)Cc1ccccc1.CC(C)c1ccccc1.CCCCC(C)C.COc1ccc(C(C)C)cc1.Cc1ccc(C(C)C)cc1. The Kier molecular flexibility index (Phi) is 34.3. The summed E-state index contributed by atoms with van der Waals surface area (Å²) >= 11 is 0. The first-order chi connectivity index (χ1) is 28.4. The van der Waals surface area contributed by atoms with Gasteiger partial charge in [0.25, 0.3) is 0 Å². The molecule has 0 aliphatic carbocycles. The molecule has 0 spiro atoms. The molecular weight excluding hydrogens is 737 g/mol. The molecule has 5 aromatic rings. The van der Waals surface area contributed by atoms with Crippen LogP contribution in [0, 0.1) is 24.2 Å². The maximum absolute atomic E-state index is 5.05. The fourth-order valence-electron chi connectivity index (χ4n) is 5.94. The van der Waals surface area contributed by atoms with E-state index in [1.165, 1.54) is 78.3 Å². The molecule has 0 heterocycles. The maximum atomic E-state index is 5.05. The molecule has 5 rings (SSSR count). The Morgan fingerprint density at radius 3 is 1.20 bits per heavy atom. The third kappa shape index (κ3) is 34.2. The van der Waals surface area contributed by atoms with Gasteiger partial charge >= 0.3 is 0 Å². The van der Waals surface area contributed by atoms with Gasteiger partial charge in [0.2, 0.25) is 0 Å². The quantitative estimate of drug-likeness (QED) is 0.122. The van der Waals surface area contributed by atoms with E-state index in [0.29, 0.717) is 23.2 Å². The molecular formula is C60H94O. The normalized spacial score (nSPS) is 10.4. The second-order valence-corrected chi connectivity index (χ2v) is 19.1. The molecule has 5 aromatic carbocycles. The largest absolute Gasteiger partial charge is 0.497 e. The van der Waals surface area contributed by atoms with E-state index in [-0.39, 0.29) is 7.43 Å². The van der Waals surface area contributed by atoms with E-state index in [2.05, 4.69) is 225 Å². The summed E-state index contributed by atoms with van der Waals surface area (Å²) in [6.45, 7) is 33.5. The number of hydrogen-bond acceptors (Lipinski definition) is 1.